The third-order valence-corrected chi connectivity index (χ3v) is 2.04. The van der Waals surface area contributed by atoms with Crippen molar-refractivity contribution >= 4 is 17.2 Å². The molecule has 2 heterocycles. The molecule has 4 nitrogen and oxygen atoms in total. The van der Waals surface area contributed by atoms with Crippen LogP contribution in [0.2, 0.25) is 0 Å². The molecule has 4 heteroatoms. The Morgan fingerprint density at radius 3 is 2.93 bits per heavy atom. The van der Waals surface area contributed by atoms with Gasteiger partial charge < -0.3 is 14.9 Å². The second-order valence-corrected chi connectivity index (χ2v) is 3.01. The van der Waals surface area contributed by atoms with E-state index in [4.69, 9.17) is 5.73 Å². The van der Waals surface area contributed by atoms with Gasteiger partial charge in [0.1, 0.15) is 0 Å². The quantitative estimate of drug-likeness (QED) is 0.690. The van der Waals surface area contributed by atoms with Crippen LogP contribution >= 0.6 is 0 Å². The first-order chi connectivity index (χ1) is 6.70. The summed E-state index contributed by atoms with van der Waals surface area (Å²) in [5, 5.41) is 0. The second-order valence-electron chi connectivity index (χ2n) is 3.01. The first-order valence-electron chi connectivity index (χ1n) is 4.16. The van der Waals surface area contributed by atoms with E-state index in [-0.39, 0.29) is 5.97 Å². The van der Waals surface area contributed by atoms with Crippen LogP contribution in [0, 0.1) is 0 Å². The number of methoxy groups -OCH3 is 1. The molecule has 0 aromatic carbocycles. The van der Waals surface area contributed by atoms with Crippen LogP contribution in [0.25, 0.3) is 5.52 Å². The Labute approximate surface area is 80.9 Å². The predicted octanol–water partition coefficient (Wildman–Crippen LogP) is 1.31. The topological polar surface area (TPSA) is 56.7 Å². The summed E-state index contributed by atoms with van der Waals surface area (Å²) >= 11 is 0. The minimum absolute atomic E-state index is 0.340. The molecule has 0 spiro atoms. The molecule has 0 amide bonds. The van der Waals surface area contributed by atoms with E-state index in [0.717, 1.165) is 5.52 Å². The third-order valence-electron chi connectivity index (χ3n) is 2.04. The Kier molecular flexibility index (Phi) is 1.89. The molecule has 0 bridgehead atoms. The molecule has 0 radical (unpaired) electrons. The number of carbonyl (C=O) groups excluding carboxylic acids is 1. The van der Waals surface area contributed by atoms with Gasteiger partial charge in [-0.15, -0.1) is 0 Å². The normalized spacial score (nSPS) is 10.4. The van der Waals surface area contributed by atoms with Crippen LogP contribution in [0.15, 0.2) is 30.6 Å². The highest BCUT2D eigenvalue weighted by Crippen LogP contribution is 2.13. The monoisotopic (exact) mass is 190 g/mol. The van der Waals surface area contributed by atoms with Crippen molar-refractivity contribution in [3.05, 3.63) is 36.2 Å². The van der Waals surface area contributed by atoms with E-state index in [0.29, 0.717) is 11.3 Å². The van der Waals surface area contributed by atoms with Gasteiger partial charge in [0.2, 0.25) is 0 Å². The number of esters is 1. The van der Waals surface area contributed by atoms with Crippen molar-refractivity contribution in [2.75, 3.05) is 12.8 Å². The number of pyridine rings is 1. The van der Waals surface area contributed by atoms with Crippen molar-refractivity contribution in [2.45, 2.75) is 0 Å². The lowest BCUT2D eigenvalue weighted by Gasteiger charge is -1.94. The summed E-state index contributed by atoms with van der Waals surface area (Å²) in [4.78, 5) is 11.2. The first kappa shape index (κ1) is 8.62. The molecule has 2 N–H and O–H groups in total. The summed E-state index contributed by atoms with van der Waals surface area (Å²) in [6.45, 7) is 0. The summed E-state index contributed by atoms with van der Waals surface area (Å²) in [5.74, 6) is -0.340. The molecular formula is C10H10N2O2. The summed E-state index contributed by atoms with van der Waals surface area (Å²) in [7, 11) is 1.36. The molecular weight excluding hydrogens is 180 g/mol. The first-order valence-corrected chi connectivity index (χ1v) is 4.16. The highest BCUT2D eigenvalue weighted by atomic mass is 16.5. The smallest absolute Gasteiger partial charge is 0.339 e. The van der Waals surface area contributed by atoms with Gasteiger partial charge in [0, 0.05) is 23.6 Å². The highest BCUT2D eigenvalue weighted by molar-refractivity contribution is 5.91. The zero-order chi connectivity index (χ0) is 10.1. The number of nitrogens with zero attached hydrogens (tertiary/aromatic N) is 1. The van der Waals surface area contributed by atoms with Gasteiger partial charge in [0.05, 0.1) is 12.7 Å². The van der Waals surface area contributed by atoms with Gasteiger partial charge in [0.15, 0.2) is 0 Å². The molecule has 0 aliphatic heterocycles. The number of carbonyl (C=O) groups is 1. The number of aromatic nitrogens is 1. The number of fused-ring (bicyclic) bond motifs is 1. The van der Waals surface area contributed by atoms with Crippen molar-refractivity contribution in [2.24, 2.45) is 0 Å². The molecule has 0 aliphatic rings. The Morgan fingerprint density at radius 2 is 2.21 bits per heavy atom. The van der Waals surface area contributed by atoms with E-state index in [2.05, 4.69) is 4.74 Å². The number of ether oxygens (including phenoxy) is 1. The number of anilines is 1. The van der Waals surface area contributed by atoms with Crippen LogP contribution in [-0.4, -0.2) is 17.5 Å². The zero-order valence-corrected chi connectivity index (χ0v) is 7.73. The molecule has 0 saturated carbocycles. The van der Waals surface area contributed by atoms with Crippen LogP contribution < -0.4 is 5.73 Å². The average molecular weight is 190 g/mol. The summed E-state index contributed by atoms with van der Waals surface area (Å²) in [6, 6.07) is 5.39. The van der Waals surface area contributed by atoms with Crippen LogP contribution in [-0.2, 0) is 4.74 Å². The molecule has 0 unspecified atom stereocenters. The minimum Gasteiger partial charge on any atom is -0.465 e. The van der Waals surface area contributed by atoms with Crippen LogP contribution in [0.4, 0.5) is 5.69 Å². The van der Waals surface area contributed by atoms with E-state index in [1.165, 1.54) is 7.11 Å². The summed E-state index contributed by atoms with van der Waals surface area (Å²) < 4.78 is 6.41. The maximum atomic E-state index is 11.2. The fraction of sp³-hybridized carbons (Fsp3) is 0.100. The summed E-state index contributed by atoms with van der Waals surface area (Å²) in [6.07, 6.45) is 3.44. The lowest BCUT2D eigenvalue weighted by atomic mass is 10.3. The average Bonchev–Trinajstić information content (AvgIpc) is 2.59. The molecule has 2 aromatic rings. The van der Waals surface area contributed by atoms with Crippen LogP contribution in [0.3, 0.4) is 0 Å². The summed E-state index contributed by atoms with van der Waals surface area (Å²) in [5.41, 5.74) is 7.70. The molecule has 72 valence electrons. The van der Waals surface area contributed by atoms with Gasteiger partial charge in [-0.1, -0.05) is 0 Å². The Balaban J connectivity index is 2.56. The van der Waals surface area contributed by atoms with Gasteiger partial charge in [-0.3, -0.25) is 0 Å². The van der Waals surface area contributed by atoms with Gasteiger partial charge >= 0.3 is 5.97 Å². The SMILES string of the molecule is COC(=O)c1cc2ccc(N)cn2c1. The lowest BCUT2D eigenvalue weighted by molar-refractivity contribution is 0.0601. The number of nitrogens with two attached hydrogens (primary N) is 1. The molecule has 14 heavy (non-hydrogen) atoms. The van der Waals surface area contributed by atoms with Crippen LogP contribution in [0.1, 0.15) is 10.4 Å². The zero-order valence-electron chi connectivity index (χ0n) is 7.73. The predicted molar refractivity (Wildman–Crippen MR) is 53.1 cm³/mol. The van der Waals surface area contributed by atoms with E-state index >= 15 is 0 Å². The molecule has 2 aromatic heterocycles. The van der Waals surface area contributed by atoms with Crippen molar-refractivity contribution < 1.29 is 9.53 Å². The molecule has 0 saturated heterocycles. The van der Waals surface area contributed by atoms with E-state index in [1.807, 2.05) is 6.07 Å². The molecule has 0 fully saturated rings. The Morgan fingerprint density at radius 1 is 1.43 bits per heavy atom. The number of hydrogen-bond donors (Lipinski definition) is 1. The number of nitrogen functional groups attached to an aromatic ring is 1. The third kappa shape index (κ3) is 1.31. The van der Waals surface area contributed by atoms with Crippen molar-refractivity contribution in [3.63, 3.8) is 0 Å². The van der Waals surface area contributed by atoms with Gasteiger partial charge in [0.25, 0.3) is 0 Å². The maximum Gasteiger partial charge on any atom is 0.339 e. The molecule has 0 atom stereocenters. The number of hydrogen-bond acceptors (Lipinski definition) is 3. The standard InChI is InChI=1S/C10H10N2O2/c1-14-10(13)7-4-9-3-2-8(11)6-12(9)5-7/h2-6H,11H2,1H3. The molecule has 0 aliphatic carbocycles. The second kappa shape index (κ2) is 3.06. The maximum absolute atomic E-state index is 11.2. The number of rotatable bonds is 1. The van der Waals surface area contributed by atoms with E-state index in [1.54, 1.807) is 28.9 Å². The van der Waals surface area contributed by atoms with E-state index < -0.39 is 0 Å². The van der Waals surface area contributed by atoms with E-state index in [9.17, 15) is 4.79 Å². The molecule has 2 rings (SSSR count). The fourth-order valence-corrected chi connectivity index (χ4v) is 1.36. The Bertz CT molecular complexity index is 488. The van der Waals surface area contributed by atoms with Gasteiger partial charge in [-0.2, -0.15) is 0 Å². The lowest BCUT2D eigenvalue weighted by Crippen LogP contribution is -1.98. The van der Waals surface area contributed by atoms with Crippen molar-refractivity contribution in [3.8, 4) is 0 Å². The largest absolute Gasteiger partial charge is 0.465 e. The van der Waals surface area contributed by atoms with Crippen molar-refractivity contribution in [1.29, 1.82) is 0 Å². The van der Waals surface area contributed by atoms with Crippen LogP contribution in [0.5, 0.6) is 0 Å². The highest BCUT2D eigenvalue weighted by Gasteiger charge is 2.07. The van der Waals surface area contributed by atoms with Crippen molar-refractivity contribution in [1.82, 2.24) is 4.40 Å². The van der Waals surface area contributed by atoms with Gasteiger partial charge in [-0.05, 0) is 18.2 Å². The van der Waals surface area contributed by atoms with Gasteiger partial charge in [-0.25, -0.2) is 4.79 Å². The minimum atomic E-state index is -0.340. The Hall–Kier alpha value is -1.97. The fourth-order valence-electron chi connectivity index (χ4n) is 1.36.